The summed E-state index contributed by atoms with van der Waals surface area (Å²) in [4.78, 5) is 23.7. The fraction of sp³-hybridized carbons (Fsp3) is 0.263. The Balaban J connectivity index is 2.03. The third-order valence-electron chi connectivity index (χ3n) is 3.74. The number of carbonyl (C=O) groups excluding carboxylic acids is 2. The van der Waals surface area contributed by atoms with E-state index in [9.17, 15) is 9.59 Å². The molecule has 0 saturated carbocycles. The minimum Gasteiger partial charge on any atom is -0.331 e. The zero-order valence-corrected chi connectivity index (χ0v) is 14.2. The molecule has 0 aromatic heterocycles. The molecular formula is C19H23N3O2. The lowest BCUT2D eigenvalue weighted by Crippen LogP contribution is -2.31. The van der Waals surface area contributed by atoms with Gasteiger partial charge in [-0.15, -0.1) is 0 Å². The van der Waals surface area contributed by atoms with Crippen molar-refractivity contribution in [3.8, 4) is 0 Å². The van der Waals surface area contributed by atoms with Crippen LogP contribution in [0.2, 0.25) is 0 Å². The molecule has 2 aromatic rings. The van der Waals surface area contributed by atoms with Crippen LogP contribution in [0.15, 0.2) is 48.5 Å². The number of benzene rings is 2. The Labute approximate surface area is 142 Å². The summed E-state index contributed by atoms with van der Waals surface area (Å²) in [6.07, 6.45) is 0.408. The van der Waals surface area contributed by atoms with Crippen LogP contribution in [0.5, 0.6) is 0 Å². The van der Waals surface area contributed by atoms with Gasteiger partial charge in [-0.3, -0.25) is 4.79 Å². The maximum absolute atomic E-state index is 12.2. The molecule has 0 saturated heterocycles. The van der Waals surface area contributed by atoms with E-state index in [2.05, 4.69) is 16.0 Å². The van der Waals surface area contributed by atoms with Crippen molar-refractivity contribution in [2.24, 2.45) is 0 Å². The van der Waals surface area contributed by atoms with Crippen molar-refractivity contribution in [1.82, 2.24) is 5.32 Å². The molecule has 1 unspecified atom stereocenters. The van der Waals surface area contributed by atoms with Gasteiger partial charge in [0, 0.05) is 17.8 Å². The van der Waals surface area contributed by atoms with E-state index in [4.69, 9.17) is 0 Å². The second-order valence-electron chi connectivity index (χ2n) is 5.66. The standard InChI is InChI=1S/C19H23N3O2/c1-4-18(23)21-16-11-10-13(2)17(12-16)22-19(24)20-14(3)15-8-6-5-7-9-15/h5-12,14H,4H2,1-3H3,(H,21,23)(H2,20,22,24). The monoisotopic (exact) mass is 325 g/mol. The molecule has 2 rings (SSSR count). The third kappa shape index (κ3) is 4.84. The molecule has 0 aliphatic carbocycles. The highest BCUT2D eigenvalue weighted by molar-refractivity contribution is 5.94. The Morgan fingerprint density at radius 1 is 1.04 bits per heavy atom. The van der Waals surface area contributed by atoms with E-state index in [0.29, 0.717) is 17.8 Å². The summed E-state index contributed by atoms with van der Waals surface area (Å²) in [6, 6.07) is 14.8. The first-order chi connectivity index (χ1) is 11.5. The van der Waals surface area contributed by atoms with Crippen molar-refractivity contribution in [3.05, 3.63) is 59.7 Å². The van der Waals surface area contributed by atoms with Crippen molar-refractivity contribution in [3.63, 3.8) is 0 Å². The highest BCUT2D eigenvalue weighted by Gasteiger charge is 2.11. The van der Waals surface area contributed by atoms with E-state index in [1.165, 1.54) is 0 Å². The van der Waals surface area contributed by atoms with E-state index < -0.39 is 0 Å². The van der Waals surface area contributed by atoms with Crippen molar-refractivity contribution in [1.29, 1.82) is 0 Å². The number of amides is 3. The van der Waals surface area contributed by atoms with E-state index in [1.54, 1.807) is 13.0 Å². The van der Waals surface area contributed by atoms with Gasteiger partial charge in [-0.2, -0.15) is 0 Å². The minimum absolute atomic E-state index is 0.0630. The van der Waals surface area contributed by atoms with Gasteiger partial charge in [-0.1, -0.05) is 43.3 Å². The Kier molecular flexibility index (Phi) is 5.95. The van der Waals surface area contributed by atoms with Gasteiger partial charge < -0.3 is 16.0 Å². The van der Waals surface area contributed by atoms with Crippen molar-refractivity contribution in [2.75, 3.05) is 10.6 Å². The Morgan fingerprint density at radius 2 is 1.75 bits per heavy atom. The lowest BCUT2D eigenvalue weighted by Gasteiger charge is -2.16. The maximum Gasteiger partial charge on any atom is 0.319 e. The topological polar surface area (TPSA) is 70.2 Å². The van der Waals surface area contributed by atoms with Crippen molar-refractivity contribution in [2.45, 2.75) is 33.2 Å². The zero-order chi connectivity index (χ0) is 17.5. The molecular weight excluding hydrogens is 302 g/mol. The number of nitrogens with one attached hydrogen (secondary N) is 3. The lowest BCUT2D eigenvalue weighted by atomic mass is 10.1. The molecule has 24 heavy (non-hydrogen) atoms. The Hall–Kier alpha value is -2.82. The number of hydrogen-bond donors (Lipinski definition) is 3. The zero-order valence-electron chi connectivity index (χ0n) is 14.2. The predicted molar refractivity (Wildman–Crippen MR) is 97.1 cm³/mol. The smallest absolute Gasteiger partial charge is 0.319 e. The highest BCUT2D eigenvalue weighted by Crippen LogP contribution is 2.21. The van der Waals surface area contributed by atoms with Crippen LogP contribution in [0.4, 0.5) is 16.2 Å². The molecule has 0 fully saturated rings. The lowest BCUT2D eigenvalue weighted by molar-refractivity contribution is -0.115. The first-order valence-electron chi connectivity index (χ1n) is 8.02. The molecule has 0 aliphatic heterocycles. The average molecular weight is 325 g/mol. The summed E-state index contributed by atoms with van der Waals surface area (Å²) in [5.41, 5.74) is 3.29. The molecule has 0 aliphatic rings. The Morgan fingerprint density at radius 3 is 2.42 bits per heavy atom. The normalized spacial score (nSPS) is 11.5. The van der Waals surface area contributed by atoms with Gasteiger partial charge in [-0.05, 0) is 37.1 Å². The Bertz CT molecular complexity index is 714. The molecule has 5 heteroatoms. The quantitative estimate of drug-likeness (QED) is 0.770. The summed E-state index contributed by atoms with van der Waals surface area (Å²) in [6.45, 7) is 5.63. The number of rotatable bonds is 5. The molecule has 2 aromatic carbocycles. The van der Waals surface area contributed by atoms with Crippen LogP contribution in [-0.4, -0.2) is 11.9 Å². The van der Waals surface area contributed by atoms with Crippen molar-refractivity contribution >= 4 is 23.3 Å². The van der Waals surface area contributed by atoms with Crippen LogP contribution < -0.4 is 16.0 Å². The summed E-state index contributed by atoms with van der Waals surface area (Å²) >= 11 is 0. The van der Waals surface area contributed by atoms with Crippen LogP contribution in [0.3, 0.4) is 0 Å². The van der Waals surface area contributed by atoms with Gasteiger partial charge in [0.05, 0.1) is 6.04 Å². The fourth-order valence-corrected chi connectivity index (χ4v) is 2.26. The molecule has 0 radical (unpaired) electrons. The van der Waals surface area contributed by atoms with Gasteiger partial charge in [0.2, 0.25) is 5.91 Å². The number of aryl methyl sites for hydroxylation is 1. The van der Waals surface area contributed by atoms with Crippen LogP contribution in [0.25, 0.3) is 0 Å². The molecule has 0 heterocycles. The third-order valence-corrected chi connectivity index (χ3v) is 3.74. The van der Waals surface area contributed by atoms with E-state index in [-0.39, 0.29) is 18.0 Å². The van der Waals surface area contributed by atoms with E-state index >= 15 is 0 Å². The van der Waals surface area contributed by atoms with Crippen LogP contribution in [0.1, 0.15) is 37.4 Å². The highest BCUT2D eigenvalue weighted by atomic mass is 16.2. The second-order valence-corrected chi connectivity index (χ2v) is 5.66. The van der Waals surface area contributed by atoms with Gasteiger partial charge in [-0.25, -0.2) is 4.79 Å². The molecule has 0 bridgehead atoms. The number of urea groups is 1. The van der Waals surface area contributed by atoms with E-state index in [0.717, 1.165) is 11.1 Å². The molecule has 126 valence electrons. The average Bonchev–Trinajstić information content (AvgIpc) is 2.58. The minimum atomic E-state index is -0.284. The number of hydrogen-bond acceptors (Lipinski definition) is 2. The predicted octanol–water partition coefficient (Wildman–Crippen LogP) is 4.23. The van der Waals surface area contributed by atoms with Gasteiger partial charge in [0.25, 0.3) is 0 Å². The van der Waals surface area contributed by atoms with Crippen molar-refractivity contribution < 1.29 is 9.59 Å². The van der Waals surface area contributed by atoms with Gasteiger partial charge >= 0.3 is 6.03 Å². The summed E-state index contributed by atoms with van der Waals surface area (Å²) in [5.74, 6) is -0.0630. The second kappa shape index (κ2) is 8.15. The number of anilines is 2. The van der Waals surface area contributed by atoms with Crippen LogP contribution >= 0.6 is 0 Å². The van der Waals surface area contributed by atoms with Crippen LogP contribution in [-0.2, 0) is 4.79 Å². The SMILES string of the molecule is CCC(=O)Nc1ccc(C)c(NC(=O)NC(C)c2ccccc2)c1. The molecule has 5 nitrogen and oxygen atoms in total. The molecule has 3 N–H and O–H groups in total. The van der Waals surface area contributed by atoms with Gasteiger partial charge in [0.15, 0.2) is 0 Å². The molecule has 3 amide bonds. The summed E-state index contributed by atoms with van der Waals surface area (Å²) in [7, 11) is 0. The maximum atomic E-state index is 12.2. The first-order valence-corrected chi connectivity index (χ1v) is 8.02. The first kappa shape index (κ1) is 17.5. The molecule has 1 atom stereocenters. The number of carbonyl (C=O) groups is 2. The summed E-state index contributed by atoms with van der Waals surface area (Å²) in [5, 5.41) is 8.54. The van der Waals surface area contributed by atoms with Gasteiger partial charge in [0.1, 0.15) is 0 Å². The van der Waals surface area contributed by atoms with E-state index in [1.807, 2.05) is 56.3 Å². The van der Waals surface area contributed by atoms with Crippen LogP contribution in [0, 0.1) is 6.92 Å². The molecule has 0 spiro atoms. The summed E-state index contributed by atoms with van der Waals surface area (Å²) < 4.78 is 0. The fourth-order valence-electron chi connectivity index (χ4n) is 2.26. The largest absolute Gasteiger partial charge is 0.331 e.